The number of nitrogens with two attached hydrogens (primary N) is 1. The van der Waals surface area contributed by atoms with Crippen molar-refractivity contribution in [2.75, 3.05) is 5.32 Å². The van der Waals surface area contributed by atoms with E-state index in [1.807, 2.05) is 19.1 Å². The molecule has 0 aliphatic carbocycles. The zero-order valence-electron chi connectivity index (χ0n) is 10.5. The minimum absolute atomic E-state index is 0.178. The highest BCUT2D eigenvalue weighted by atomic mass is 19.1. The molecule has 0 radical (unpaired) electrons. The largest absolute Gasteiger partial charge is 0.326 e. The molecule has 1 aromatic carbocycles. The topological polar surface area (TPSA) is 68.0 Å². The number of nitrogens with one attached hydrogen (secondary N) is 1. The maximum Gasteiger partial charge on any atom is 0.257 e. The smallest absolute Gasteiger partial charge is 0.257 e. The van der Waals surface area contributed by atoms with E-state index in [1.165, 1.54) is 6.20 Å². The Hall–Kier alpha value is -2.27. The number of carbonyl (C=O) groups is 1. The number of anilines is 1. The van der Waals surface area contributed by atoms with E-state index in [-0.39, 0.29) is 5.56 Å². The van der Waals surface area contributed by atoms with Crippen LogP contribution in [0.2, 0.25) is 0 Å². The molecule has 1 amide bonds. The molecule has 0 aliphatic rings. The lowest BCUT2D eigenvalue weighted by atomic mass is 10.1. The standard InChI is InChI=1S/C14H14FN3O/c1-9-2-3-10(6-16)4-13(9)18-14(19)11-5-12(15)8-17-7-11/h2-5,7-8H,6,16H2,1H3,(H,18,19). The summed E-state index contributed by atoms with van der Waals surface area (Å²) < 4.78 is 13.0. The van der Waals surface area contributed by atoms with Crippen molar-refractivity contribution in [3.05, 3.63) is 59.2 Å². The second-order valence-corrected chi connectivity index (χ2v) is 4.20. The monoisotopic (exact) mass is 259 g/mol. The summed E-state index contributed by atoms with van der Waals surface area (Å²) in [5.74, 6) is -0.940. The Bertz CT molecular complexity index is 613. The number of carbonyl (C=O) groups excluding carboxylic acids is 1. The van der Waals surface area contributed by atoms with Gasteiger partial charge in [0.05, 0.1) is 11.8 Å². The van der Waals surface area contributed by atoms with Gasteiger partial charge in [-0.05, 0) is 30.2 Å². The summed E-state index contributed by atoms with van der Waals surface area (Å²) in [6.07, 6.45) is 2.37. The van der Waals surface area contributed by atoms with Crippen LogP contribution in [0, 0.1) is 12.7 Å². The molecule has 1 aromatic heterocycles. The highest BCUT2D eigenvalue weighted by Gasteiger charge is 2.09. The van der Waals surface area contributed by atoms with E-state index in [4.69, 9.17) is 5.73 Å². The van der Waals surface area contributed by atoms with Gasteiger partial charge in [0.15, 0.2) is 0 Å². The molecule has 19 heavy (non-hydrogen) atoms. The number of pyridine rings is 1. The first-order valence-electron chi connectivity index (χ1n) is 5.81. The fourth-order valence-corrected chi connectivity index (χ4v) is 1.66. The molecule has 0 saturated carbocycles. The van der Waals surface area contributed by atoms with Gasteiger partial charge in [-0.15, -0.1) is 0 Å². The molecule has 98 valence electrons. The van der Waals surface area contributed by atoms with Crippen LogP contribution in [0.3, 0.4) is 0 Å². The van der Waals surface area contributed by atoms with Crippen molar-refractivity contribution in [2.24, 2.45) is 5.73 Å². The average Bonchev–Trinajstić information content (AvgIpc) is 2.41. The van der Waals surface area contributed by atoms with Crippen LogP contribution < -0.4 is 11.1 Å². The van der Waals surface area contributed by atoms with E-state index in [2.05, 4.69) is 10.3 Å². The molecule has 3 N–H and O–H groups in total. The number of benzene rings is 1. The van der Waals surface area contributed by atoms with E-state index in [0.29, 0.717) is 12.2 Å². The van der Waals surface area contributed by atoms with Gasteiger partial charge < -0.3 is 11.1 Å². The zero-order chi connectivity index (χ0) is 13.8. The SMILES string of the molecule is Cc1ccc(CN)cc1NC(=O)c1cncc(F)c1. The van der Waals surface area contributed by atoms with Crippen molar-refractivity contribution in [2.45, 2.75) is 13.5 Å². The maximum absolute atomic E-state index is 13.0. The normalized spacial score (nSPS) is 10.3. The molecule has 0 bridgehead atoms. The zero-order valence-corrected chi connectivity index (χ0v) is 10.5. The van der Waals surface area contributed by atoms with Gasteiger partial charge in [-0.3, -0.25) is 9.78 Å². The Morgan fingerprint density at radius 1 is 1.37 bits per heavy atom. The van der Waals surface area contributed by atoms with E-state index < -0.39 is 11.7 Å². The molecule has 0 atom stereocenters. The molecule has 0 aliphatic heterocycles. The summed E-state index contributed by atoms with van der Waals surface area (Å²) in [5, 5.41) is 2.73. The van der Waals surface area contributed by atoms with Gasteiger partial charge in [-0.1, -0.05) is 12.1 Å². The molecule has 0 spiro atoms. The van der Waals surface area contributed by atoms with Crippen molar-refractivity contribution >= 4 is 11.6 Å². The predicted octanol–water partition coefficient (Wildman–Crippen LogP) is 2.24. The minimum Gasteiger partial charge on any atom is -0.326 e. The van der Waals surface area contributed by atoms with E-state index >= 15 is 0 Å². The van der Waals surface area contributed by atoms with Crippen LogP contribution in [0.25, 0.3) is 0 Å². The number of aryl methyl sites for hydroxylation is 1. The first kappa shape index (κ1) is 13.2. The van der Waals surface area contributed by atoms with Crippen LogP contribution in [-0.2, 0) is 6.54 Å². The average molecular weight is 259 g/mol. The molecule has 2 aromatic rings. The summed E-state index contributed by atoms with van der Waals surface area (Å²) in [6, 6.07) is 6.72. The van der Waals surface area contributed by atoms with Gasteiger partial charge in [-0.25, -0.2) is 4.39 Å². The Morgan fingerprint density at radius 3 is 2.84 bits per heavy atom. The number of halogens is 1. The lowest BCUT2D eigenvalue weighted by Gasteiger charge is -2.10. The third kappa shape index (κ3) is 3.14. The Kier molecular flexibility index (Phi) is 3.87. The number of nitrogens with zero attached hydrogens (tertiary/aromatic N) is 1. The summed E-state index contributed by atoms with van der Waals surface area (Å²) in [7, 11) is 0. The van der Waals surface area contributed by atoms with E-state index in [0.717, 1.165) is 23.4 Å². The predicted molar refractivity (Wildman–Crippen MR) is 71.2 cm³/mol. The van der Waals surface area contributed by atoms with Gasteiger partial charge in [0.1, 0.15) is 5.82 Å². The Morgan fingerprint density at radius 2 is 2.16 bits per heavy atom. The minimum atomic E-state index is -0.542. The third-order valence-electron chi connectivity index (χ3n) is 2.75. The number of hydrogen-bond donors (Lipinski definition) is 2. The summed E-state index contributed by atoms with van der Waals surface area (Å²) in [4.78, 5) is 15.6. The van der Waals surface area contributed by atoms with Gasteiger partial charge in [0.25, 0.3) is 5.91 Å². The summed E-state index contributed by atoms with van der Waals surface area (Å²) in [5.41, 5.74) is 8.23. The maximum atomic E-state index is 13.0. The van der Waals surface area contributed by atoms with Gasteiger partial charge in [0.2, 0.25) is 0 Å². The van der Waals surface area contributed by atoms with Crippen LogP contribution in [0.5, 0.6) is 0 Å². The molecule has 0 unspecified atom stereocenters. The number of hydrogen-bond acceptors (Lipinski definition) is 3. The second kappa shape index (κ2) is 5.58. The van der Waals surface area contributed by atoms with Crippen molar-refractivity contribution < 1.29 is 9.18 Å². The van der Waals surface area contributed by atoms with E-state index in [1.54, 1.807) is 6.07 Å². The molecular weight excluding hydrogens is 245 g/mol. The van der Waals surface area contributed by atoms with Crippen molar-refractivity contribution in [1.29, 1.82) is 0 Å². The lowest BCUT2D eigenvalue weighted by Crippen LogP contribution is -2.14. The molecule has 4 nitrogen and oxygen atoms in total. The lowest BCUT2D eigenvalue weighted by molar-refractivity contribution is 0.102. The van der Waals surface area contributed by atoms with Crippen LogP contribution in [0.15, 0.2) is 36.7 Å². The highest BCUT2D eigenvalue weighted by molar-refractivity contribution is 6.04. The fraction of sp³-hybridized carbons (Fsp3) is 0.143. The first-order chi connectivity index (χ1) is 9.10. The number of amides is 1. The fourth-order valence-electron chi connectivity index (χ4n) is 1.66. The number of aromatic nitrogens is 1. The molecule has 0 saturated heterocycles. The number of rotatable bonds is 3. The van der Waals surface area contributed by atoms with E-state index in [9.17, 15) is 9.18 Å². The second-order valence-electron chi connectivity index (χ2n) is 4.20. The van der Waals surface area contributed by atoms with Gasteiger partial charge in [0, 0.05) is 18.4 Å². The van der Waals surface area contributed by atoms with Crippen LogP contribution in [-0.4, -0.2) is 10.9 Å². The highest BCUT2D eigenvalue weighted by Crippen LogP contribution is 2.17. The molecule has 0 fully saturated rings. The Labute approximate surface area is 110 Å². The van der Waals surface area contributed by atoms with Crippen LogP contribution in [0.4, 0.5) is 10.1 Å². The third-order valence-corrected chi connectivity index (χ3v) is 2.75. The van der Waals surface area contributed by atoms with Crippen LogP contribution in [0.1, 0.15) is 21.5 Å². The molecule has 1 heterocycles. The molecule has 2 rings (SSSR count). The van der Waals surface area contributed by atoms with Crippen molar-refractivity contribution in [1.82, 2.24) is 4.98 Å². The first-order valence-corrected chi connectivity index (χ1v) is 5.81. The molecular formula is C14H14FN3O. The van der Waals surface area contributed by atoms with Crippen molar-refractivity contribution in [3.8, 4) is 0 Å². The summed E-state index contributed by atoms with van der Waals surface area (Å²) >= 11 is 0. The Balaban J connectivity index is 2.23. The molecule has 5 heteroatoms. The van der Waals surface area contributed by atoms with Gasteiger partial charge in [-0.2, -0.15) is 0 Å². The quantitative estimate of drug-likeness (QED) is 0.888. The van der Waals surface area contributed by atoms with Crippen molar-refractivity contribution in [3.63, 3.8) is 0 Å². The van der Waals surface area contributed by atoms with Gasteiger partial charge >= 0.3 is 0 Å². The summed E-state index contributed by atoms with van der Waals surface area (Å²) in [6.45, 7) is 2.27. The van der Waals surface area contributed by atoms with Crippen LogP contribution >= 0.6 is 0 Å².